The Hall–Kier alpha value is -2.09. The van der Waals surface area contributed by atoms with Crippen LogP contribution in [-0.4, -0.2) is 53.0 Å². The first kappa shape index (κ1) is 16.3. The molecule has 1 aromatic carbocycles. The van der Waals surface area contributed by atoms with Gasteiger partial charge in [0.15, 0.2) is 11.5 Å². The second-order valence-electron chi connectivity index (χ2n) is 4.74. The third-order valence-corrected chi connectivity index (χ3v) is 4.76. The van der Waals surface area contributed by atoms with Gasteiger partial charge in [-0.15, -0.1) is 11.8 Å². The number of benzene rings is 1. The van der Waals surface area contributed by atoms with E-state index < -0.39 is 17.4 Å². The van der Waals surface area contributed by atoms with E-state index in [1.165, 1.54) is 37.8 Å². The van der Waals surface area contributed by atoms with Gasteiger partial charge in [-0.25, -0.2) is 4.79 Å². The highest BCUT2D eigenvalue weighted by atomic mass is 32.2. The molecule has 120 valence electrons. The fourth-order valence-electron chi connectivity index (χ4n) is 2.39. The molecule has 22 heavy (non-hydrogen) atoms. The van der Waals surface area contributed by atoms with Gasteiger partial charge in [0.2, 0.25) is 11.7 Å². The molecule has 8 heteroatoms. The van der Waals surface area contributed by atoms with Gasteiger partial charge in [0.25, 0.3) is 0 Å². The number of amides is 1. The average molecular weight is 327 g/mol. The Kier molecular flexibility index (Phi) is 4.70. The zero-order valence-electron chi connectivity index (χ0n) is 12.4. The second-order valence-corrected chi connectivity index (χ2v) is 5.85. The SMILES string of the molecule is COc1cc(C2SCC(C(=O)O)N2C(C)=O)cc(OC)c1O. The maximum atomic E-state index is 11.9. The fraction of sp³-hybridized carbons (Fsp3) is 0.429. The zero-order chi connectivity index (χ0) is 16.4. The number of phenolic OH excluding ortho intramolecular Hbond substituents is 1. The lowest BCUT2D eigenvalue weighted by molar-refractivity contribution is -0.148. The Morgan fingerprint density at radius 3 is 2.23 bits per heavy atom. The number of carbonyl (C=O) groups excluding carboxylic acids is 1. The highest BCUT2D eigenvalue weighted by Crippen LogP contribution is 2.46. The van der Waals surface area contributed by atoms with E-state index in [2.05, 4.69) is 0 Å². The van der Waals surface area contributed by atoms with Gasteiger partial charge in [0, 0.05) is 12.7 Å². The number of hydrogen-bond donors (Lipinski definition) is 2. The molecule has 2 rings (SSSR count). The summed E-state index contributed by atoms with van der Waals surface area (Å²) >= 11 is 1.34. The predicted octanol–water partition coefficient (Wildman–Crippen LogP) is 1.46. The standard InChI is InChI=1S/C14H17NO6S/c1-7(16)15-9(14(18)19)6-22-13(15)8-4-10(20-2)12(17)11(5-8)21-3/h4-5,9,13,17H,6H2,1-3H3,(H,18,19). The summed E-state index contributed by atoms with van der Waals surface area (Å²) in [6, 6.07) is 2.28. The lowest BCUT2D eigenvalue weighted by Crippen LogP contribution is -2.41. The van der Waals surface area contributed by atoms with E-state index in [-0.39, 0.29) is 23.2 Å². The monoisotopic (exact) mass is 327 g/mol. The van der Waals surface area contributed by atoms with Crippen LogP contribution in [0.25, 0.3) is 0 Å². The van der Waals surface area contributed by atoms with Crippen LogP contribution in [0.2, 0.25) is 0 Å². The molecule has 0 saturated carbocycles. The molecule has 2 unspecified atom stereocenters. The first-order chi connectivity index (χ1) is 10.4. The second kappa shape index (κ2) is 6.35. The van der Waals surface area contributed by atoms with Gasteiger partial charge >= 0.3 is 5.97 Å². The first-order valence-electron chi connectivity index (χ1n) is 6.48. The first-order valence-corrected chi connectivity index (χ1v) is 7.53. The van der Waals surface area contributed by atoms with Gasteiger partial charge in [0.1, 0.15) is 11.4 Å². The number of nitrogens with zero attached hydrogens (tertiary/aromatic N) is 1. The van der Waals surface area contributed by atoms with Crippen LogP contribution in [-0.2, 0) is 9.59 Å². The lowest BCUT2D eigenvalue weighted by Gasteiger charge is -2.27. The van der Waals surface area contributed by atoms with Crippen molar-refractivity contribution in [2.45, 2.75) is 18.3 Å². The van der Waals surface area contributed by atoms with Gasteiger partial charge in [0.05, 0.1) is 14.2 Å². The minimum absolute atomic E-state index is 0.138. The van der Waals surface area contributed by atoms with Crippen LogP contribution >= 0.6 is 11.8 Å². The normalized spacial score (nSPS) is 20.8. The number of carboxylic acids is 1. The third kappa shape index (κ3) is 2.78. The summed E-state index contributed by atoms with van der Waals surface area (Å²) in [6.07, 6.45) is 0. The van der Waals surface area contributed by atoms with Gasteiger partial charge in [-0.3, -0.25) is 4.79 Å². The van der Waals surface area contributed by atoms with Crippen molar-refractivity contribution in [2.24, 2.45) is 0 Å². The average Bonchev–Trinajstić information content (AvgIpc) is 2.92. The number of rotatable bonds is 4. The van der Waals surface area contributed by atoms with Crippen molar-refractivity contribution in [2.75, 3.05) is 20.0 Å². The van der Waals surface area contributed by atoms with E-state index in [4.69, 9.17) is 9.47 Å². The zero-order valence-corrected chi connectivity index (χ0v) is 13.2. The number of phenols is 1. The van der Waals surface area contributed by atoms with Gasteiger partial charge in [-0.1, -0.05) is 0 Å². The molecule has 0 aromatic heterocycles. The van der Waals surface area contributed by atoms with Crippen molar-refractivity contribution in [1.29, 1.82) is 0 Å². The molecule has 1 aromatic rings. The van der Waals surface area contributed by atoms with Crippen molar-refractivity contribution in [3.05, 3.63) is 17.7 Å². The minimum Gasteiger partial charge on any atom is -0.502 e. The van der Waals surface area contributed by atoms with Gasteiger partial charge in [-0.05, 0) is 17.7 Å². The molecule has 1 aliphatic heterocycles. The summed E-state index contributed by atoms with van der Waals surface area (Å²) in [5, 5.41) is 18.7. The molecule has 1 amide bonds. The third-order valence-electron chi connectivity index (χ3n) is 3.44. The molecular weight excluding hydrogens is 310 g/mol. The number of methoxy groups -OCH3 is 2. The summed E-state index contributed by atoms with van der Waals surface area (Å²) < 4.78 is 10.2. The van der Waals surface area contributed by atoms with E-state index in [0.29, 0.717) is 11.3 Å². The fourth-order valence-corrected chi connectivity index (χ4v) is 3.85. The van der Waals surface area contributed by atoms with Gasteiger partial charge in [-0.2, -0.15) is 0 Å². The Morgan fingerprint density at radius 1 is 1.27 bits per heavy atom. The summed E-state index contributed by atoms with van der Waals surface area (Å²) in [5.41, 5.74) is 0.635. The Labute approximate surface area is 131 Å². The number of aromatic hydroxyl groups is 1. The molecule has 2 N–H and O–H groups in total. The number of aliphatic carboxylic acids is 1. The van der Waals surface area contributed by atoms with E-state index in [9.17, 15) is 19.8 Å². The van der Waals surface area contributed by atoms with Crippen LogP contribution in [0.1, 0.15) is 17.9 Å². The number of carboxylic acid groups (broad SMARTS) is 1. The van der Waals surface area contributed by atoms with Crippen molar-refractivity contribution in [3.63, 3.8) is 0 Å². The Morgan fingerprint density at radius 2 is 1.82 bits per heavy atom. The van der Waals surface area contributed by atoms with Crippen molar-refractivity contribution in [3.8, 4) is 17.2 Å². The topological polar surface area (TPSA) is 96.3 Å². The Balaban J connectivity index is 2.46. The minimum atomic E-state index is -1.04. The summed E-state index contributed by atoms with van der Waals surface area (Å²) in [7, 11) is 2.81. The van der Waals surface area contributed by atoms with Crippen LogP contribution in [0.4, 0.5) is 0 Å². The van der Waals surface area contributed by atoms with Crippen LogP contribution < -0.4 is 9.47 Å². The quantitative estimate of drug-likeness (QED) is 0.864. The van der Waals surface area contributed by atoms with Crippen molar-refractivity contribution >= 4 is 23.6 Å². The molecule has 1 aliphatic rings. The smallest absolute Gasteiger partial charge is 0.327 e. The van der Waals surface area contributed by atoms with E-state index >= 15 is 0 Å². The Bertz CT molecular complexity index is 580. The summed E-state index contributed by atoms with van der Waals surface area (Å²) in [6.45, 7) is 1.34. The number of carbonyl (C=O) groups is 2. The molecule has 7 nitrogen and oxygen atoms in total. The molecule has 0 bridgehead atoms. The summed E-state index contributed by atoms with van der Waals surface area (Å²) in [4.78, 5) is 24.5. The number of thioether (sulfide) groups is 1. The van der Waals surface area contributed by atoms with E-state index in [0.717, 1.165) is 0 Å². The molecule has 2 atom stereocenters. The van der Waals surface area contributed by atoms with Crippen LogP contribution in [0.15, 0.2) is 12.1 Å². The van der Waals surface area contributed by atoms with E-state index in [1.54, 1.807) is 12.1 Å². The lowest BCUT2D eigenvalue weighted by atomic mass is 10.1. The number of ether oxygens (including phenoxy) is 2. The van der Waals surface area contributed by atoms with Crippen molar-refractivity contribution < 1.29 is 29.3 Å². The number of hydrogen-bond acceptors (Lipinski definition) is 6. The highest BCUT2D eigenvalue weighted by Gasteiger charge is 2.41. The molecule has 0 radical (unpaired) electrons. The molecule has 1 heterocycles. The largest absolute Gasteiger partial charge is 0.502 e. The molecule has 0 spiro atoms. The van der Waals surface area contributed by atoms with Crippen molar-refractivity contribution in [1.82, 2.24) is 4.90 Å². The van der Waals surface area contributed by atoms with Crippen LogP contribution in [0.3, 0.4) is 0 Å². The predicted molar refractivity (Wildman–Crippen MR) is 80.4 cm³/mol. The van der Waals surface area contributed by atoms with Crippen LogP contribution in [0, 0.1) is 0 Å². The van der Waals surface area contributed by atoms with Gasteiger partial charge < -0.3 is 24.6 Å². The maximum absolute atomic E-state index is 11.9. The molecular formula is C14H17NO6S. The molecule has 0 aliphatic carbocycles. The van der Waals surface area contributed by atoms with Crippen LogP contribution in [0.5, 0.6) is 17.2 Å². The highest BCUT2D eigenvalue weighted by molar-refractivity contribution is 7.99. The van der Waals surface area contributed by atoms with E-state index in [1.807, 2.05) is 0 Å². The molecule has 1 saturated heterocycles. The molecule has 1 fully saturated rings. The maximum Gasteiger partial charge on any atom is 0.327 e. The summed E-state index contributed by atoms with van der Waals surface area (Å²) in [5.74, 6) is -0.794.